The van der Waals surface area contributed by atoms with E-state index < -0.39 is 10.0 Å². The van der Waals surface area contributed by atoms with E-state index in [1.54, 1.807) is 12.1 Å². The van der Waals surface area contributed by atoms with E-state index >= 15 is 0 Å². The number of carbonyl (C=O) groups excluding carboxylic acids is 1. The number of hydrogen-bond acceptors (Lipinski definition) is 4. The molecule has 0 bridgehead atoms. The van der Waals surface area contributed by atoms with Crippen LogP contribution in [-0.4, -0.2) is 36.3 Å². The van der Waals surface area contributed by atoms with Gasteiger partial charge in [-0.25, -0.2) is 8.42 Å². The SMILES string of the molecule is CCCCc1ccc2c(c1)sc(=NC(=O)C1CCN(S(=O)(=O)c3ccc(Cl)cc3)CC1)n2C. The molecule has 2 heterocycles. The Morgan fingerprint density at radius 2 is 1.85 bits per heavy atom. The number of rotatable bonds is 6. The molecule has 1 amide bonds. The lowest BCUT2D eigenvalue weighted by Gasteiger charge is -2.29. The molecule has 9 heteroatoms. The lowest BCUT2D eigenvalue weighted by Crippen LogP contribution is -2.40. The molecule has 1 fully saturated rings. The van der Waals surface area contributed by atoms with Crippen LogP contribution in [0.4, 0.5) is 0 Å². The third kappa shape index (κ3) is 5.24. The Morgan fingerprint density at radius 1 is 1.15 bits per heavy atom. The Bertz CT molecular complexity index is 1320. The topological polar surface area (TPSA) is 71.7 Å². The van der Waals surface area contributed by atoms with Crippen LogP contribution in [0.1, 0.15) is 38.2 Å². The predicted molar refractivity (Wildman–Crippen MR) is 133 cm³/mol. The number of hydrogen-bond donors (Lipinski definition) is 0. The molecule has 1 saturated heterocycles. The van der Waals surface area contributed by atoms with Crippen LogP contribution in [0.25, 0.3) is 10.2 Å². The van der Waals surface area contributed by atoms with Crippen LogP contribution >= 0.6 is 22.9 Å². The van der Waals surface area contributed by atoms with E-state index in [0.29, 0.717) is 35.8 Å². The first kappa shape index (κ1) is 24.1. The molecule has 1 aromatic heterocycles. The van der Waals surface area contributed by atoms with E-state index in [1.807, 2.05) is 11.6 Å². The predicted octanol–water partition coefficient (Wildman–Crippen LogP) is 4.76. The van der Waals surface area contributed by atoms with Gasteiger partial charge in [-0.1, -0.05) is 42.3 Å². The Balaban J connectivity index is 1.47. The van der Waals surface area contributed by atoms with Crippen molar-refractivity contribution in [3.05, 3.63) is 57.9 Å². The molecular formula is C24H28ClN3O3S2. The first-order chi connectivity index (χ1) is 15.8. The summed E-state index contributed by atoms with van der Waals surface area (Å²) < 4.78 is 30.3. The van der Waals surface area contributed by atoms with Gasteiger partial charge in [0.25, 0.3) is 5.91 Å². The Labute approximate surface area is 203 Å². The number of halogens is 1. The van der Waals surface area contributed by atoms with E-state index in [9.17, 15) is 13.2 Å². The van der Waals surface area contributed by atoms with Gasteiger partial charge in [0, 0.05) is 31.1 Å². The average Bonchev–Trinajstić information content (AvgIpc) is 3.12. The standard InChI is InChI=1S/C24H28ClN3O3S2/c1-3-4-5-17-6-11-21-22(16-17)32-24(27(21)2)26-23(29)18-12-14-28(15-13-18)33(30,31)20-9-7-19(25)8-10-20/h6-11,16,18H,3-5,12-15H2,1-2H3. The van der Waals surface area contributed by atoms with Crippen LogP contribution in [0.5, 0.6) is 0 Å². The molecular weight excluding hydrogens is 478 g/mol. The van der Waals surface area contributed by atoms with Gasteiger partial charge in [-0.05, 0) is 67.6 Å². The van der Waals surface area contributed by atoms with Crippen LogP contribution in [0, 0.1) is 5.92 Å². The van der Waals surface area contributed by atoms with Gasteiger partial charge in [-0.15, -0.1) is 0 Å². The lowest BCUT2D eigenvalue weighted by atomic mass is 9.98. The molecule has 0 spiro atoms. The fourth-order valence-electron chi connectivity index (χ4n) is 4.11. The first-order valence-corrected chi connectivity index (χ1v) is 13.9. The number of piperidine rings is 1. The molecule has 0 atom stereocenters. The average molecular weight is 506 g/mol. The number of sulfonamides is 1. The minimum absolute atomic E-state index is 0.174. The van der Waals surface area contributed by atoms with E-state index in [2.05, 4.69) is 30.1 Å². The Hall–Kier alpha value is -2.00. The third-order valence-corrected chi connectivity index (χ3v) is 9.41. The van der Waals surface area contributed by atoms with Gasteiger partial charge in [0.2, 0.25) is 10.0 Å². The summed E-state index contributed by atoms with van der Waals surface area (Å²) >= 11 is 7.40. The van der Waals surface area contributed by atoms with E-state index in [0.717, 1.165) is 29.5 Å². The minimum atomic E-state index is -3.59. The number of unbranched alkanes of at least 4 members (excludes halogenated alkanes) is 1. The number of fused-ring (bicyclic) bond motifs is 1. The molecule has 33 heavy (non-hydrogen) atoms. The van der Waals surface area contributed by atoms with Gasteiger partial charge in [0.05, 0.1) is 15.1 Å². The maximum atomic E-state index is 12.9. The van der Waals surface area contributed by atoms with Crippen molar-refractivity contribution in [3.8, 4) is 0 Å². The normalized spacial score (nSPS) is 16.5. The van der Waals surface area contributed by atoms with Crippen molar-refractivity contribution in [1.29, 1.82) is 0 Å². The molecule has 0 aliphatic carbocycles. The van der Waals surface area contributed by atoms with Crippen molar-refractivity contribution < 1.29 is 13.2 Å². The zero-order chi connectivity index (χ0) is 23.6. The second kappa shape index (κ2) is 10.1. The van der Waals surface area contributed by atoms with Crippen LogP contribution in [0.3, 0.4) is 0 Å². The van der Waals surface area contributed by atoms with Crippen molar-refractivity contribution in [3.63, 3.8) is 0 Å². The van der Waals surface area contributed by atoms with Crippen molar-refractivity contribution in [2.75, 3.05) is 13.1 Å². The molecule has 3 aromatic rings. The van der Waals surface area contributed by atoms with Crippen molar-refractivity contribution in [2.24, 2.45) is 18.0 Å². The smallest absolute Gasteiger partial charge is 0.251 e. The number of thiazole rings is 1. The molecule has 176 valence electrons. The molecule has 0 N–H and O–H groups in total. The van der Waals surface area contributed by atoms with Gasteiger partial charge < -0.3 is 4.57 Å². The summed E-state index contributed by atoms with van der Waals surface area (Å²) in [5, 5.41) is 0.492. The van der Waals surface area contributed by atoms with Crippen LogP contribution in [0.2, 0.25) is 5.02 Å². The molecule has 1 aliphatic heterocycles. The van der Waals surface area contributed by atoms with Crippen molar-refractivity contribution >= 4 is 49.1 Å². The lowest BCUT2D eigenvalue weighted by molar-refractivity contribution is -0.122. The molecule has 0 radical (unpaired) electrons. The maximum absolute atomic E-state index is 12.9. The summed E-state index contributed by atoms with van der Waals surface area (Å²) in [4.78, 5) is 18.2. The number of aromatic nitrogens is 1. The van der Waals surface area contributed by atoms with Gasteiger partial charge in [0.1, 0.15) is 0 Å². The van der Waals surface area contributed by atoms with Crippen LogP contribution in [-0.2, 0) is 28.3 Å². The Morgan fingerprint density at radius 3 is 2.52 bits per heavy atom. The zero-order valence-corrected chi connectivity index (χ0v) is 21.2. The first-order valence-electron chi connectivity index (χ1n) is 11.2. The second-order valence-electron chi connectivity index (χ2n) is 8.43. The maximum Gasteiger partial charge on any atom is 0.251 e. The molecule has 4 rings (SSSR count). The molecule has 6 nitrogen and oxygen atoms in total. The van der Waals surface area contributed by atoms with Crippen molar-refractivity contribution in [1.82, 2.24) is 8.87 Å². The number of carbonyl (C=O) groups is 1. The second-order valence-corrected chi connectivity index (χ2v) is 11.8. The highest BCUT2D eigenvalue weighted by molar-refractivity contribution is 7.89. The van der Waals surface area contributed by atoms with Gasteiger partial charge in [-0.2, -0.15) is 9.30 Å². The van der Waals surface area contributed by atoms with E-state index in [-0.39, 0.29) is 16.7 Å². The minimum Gasteiger partial charge on any atom is -0.319 e. The summed E-state index contributed by atoms with van der Waals surface area (Å²) in [5.74, 6) is -0.445. The molecule has 0 unspecified atom stereocenters. The molecule has 2 aromatic carbocycles. The number of amides is 1. The number of aryl methyl sites for hydroxylation is 2. The highest BCUT2D eigenvalue weighted by Crippen LogP contribution is 2.26. The molecule has 1 aliphatic rings. The largest absolute Gasteiger partial charge is 0.319 e. The van der Waals surface area contributed by atoms with Gasteiger partial charge in [0.15, 0.2) is 4.80 Å². The van der Waals surface area contributed by atoms with Crippen molar-refractivity contribution in [2.45, 2.75) is 43.9 Å². The fourth-order valence-corrected chi connectivity index (χ4v) is 6.79. The zero-order valence-electron chi connectivity index (χ0n) is 18.8. The van der Waals surface area contributed by atoms with E-state index in [4.69, 9.17) is 11.6 Å². The highest BCUT2D eigenvalue weighted by Gasteiger charge is 2.32. The summed E-state index contributed by atoms with van der Waals surface area (Å²) in [6, 6.07) is 12.6. The van der Waals surface area contributed by atoms with Crippen LogP contribution in [0.15, 0.2) is 52.4 Å². The number of nitrogens with zero attached hydrogens (tertiary/aromatic N) is 3. The Kier molecular flexibility index (Phi) is 7.38. The van der Waals surface area contributed by atoms with Crippen LogP contribution < -0.4 is 4.80 Å². The van der Waals surface area contributed by atoms with E-state index in [1.165, 1.54) is 33.3 Å². The fraction of sp³-hybridized carbons (Fsp3) is 0.417. The molecule has 0 saturated carbocycles. The quantitative estimate of drug-likeness (QED) is 0.484. The summed E-state index contributed by atoms with van der Waals surface area (Å²) in [6.07, 6.45) is 4.29. The number of benzene rings is 2. The summed E-state index contributed by atoms with van der Waals surface area (Å²) in [5.41, 5.74) is 2.37. The third-order valence-electron chi connectivity index (χ3n) is 6.15. The van der Waals surface area contributed by atoms with Gasteiger partial charge in [-0.3, -0.25) is 4.79 Å². The monoisotopic (exact) mass is 505 g/mol. The summed E-state index contributed by atoms with van der Waals surface area (Å²) in [7, 11) is -1.66. The highest BCUT2D eigenvalue weighted by atomic mass is 35.5. The summed E-state index contributed by atoms with van der Waals surface area (Å²) in [6.45, 7) is 2.79. The van der Waals surface area contributed by atoms with Gasteiger partial charge >= 0.3 is 0 Å².